The quantitative estimate of drug-likeness (QED) is 0.466. The molecule has 0 radical (unpaired) electrons. The first-order valence-electron chi connectivity index (χ1n) is 8.68. The maximum atomic E-state index is 13.1. The van der Waals surface area contributed by atoms with Crippen molar-refractivity contribution in [3.63, 3.8) is 0 Å². The zero-order chi connectivity index (χ0) is 22.2. The molecule has 30 heavy (non-hydrogen) atoms. The highest BCUT2D eigenvalue weighted by molar-refractivity contribution is 6.66. The molecule has 1 heterocycles. The number of allylic oxidation sites excluding steroid dienone is 2. The Morgan fingerprint density at radius 1 is 1.03 bits per heavy atom. The van der Waals surface area contributed by atoms with E-state index in [-0.39, 0.29) is 21.4 Å². The van der Waals surface area contributed by atoms with Crippen LogP contribution < -0.4 is 10.2 Å². The number of amides is 3. The van der Waals surface area contributed by atoms with Crippen molar-refractivity contribution in [1.29, 1.82) is 0 Å². The summed E-state index contributed by atoms with van der Waals surface area (Å²) < 4.78 is 3.38. The molecule has 4 rings (SSSR count). The molecule has 1 aromatic rings. The van der Waals surface area contributed by atoms with Crippen molar-refractivity contribution in [2.75, 3.05) is 6.61 Å². The van der Waals surface area contributed by atoms with Gasteiger partial charge in [0.25, 0.3) is 17.7 Å². The van der Waals surface area contributed by atoms with E-state index in [2.05, 4.69) is 5.43 Å². The predicted molar refractivity (Wildman–Crippen MR) is 114 cm³/mol. The van der Waals surface area contributed by atoms with E-state index in [4.69, 9.17) is 74.3 Å². The molecule has 2 bridgehead atoms. The van der Waals surface area contributed by atoms with Crippen LogP contribution in [0, 0.1) is 11.8 Å². The number of nitrogens with one attached hydrogen (secondary N) is 1. The van der Waals surface area contributed by atoms with Gasteiger partial charge in [-0.15, -0.1) is 23.2 Å². The SMILES string of the molecule is CCOc1ccccc1C(=O)NN1C(=O)[C@@H]2[C@@H](C1=O)[C@@]1(Cl)C(Cl)=C(Cl)[C@@]2(Cl)C1(Cl)Cl. The summed E-state index contributed by atoms with van der Waals surface area (Å²) in [4.78, 5) is 35.2. The number of rotatable bonds is 4. The molecule has 6 nitrogen and oxygen atoms in total. The normalized spacial score (nSPS) is 33.9. The van der Waals surface area contributed by atoms with Crippen molar-refractivity contribution >= 4 is 87.3 Å². The molecule has 0 unspecified atom stereocenters. The summed E-state index contributed by atoms with van der Waals surface area (Å²) in [5.74, 6) is -4.80. The van der Waals surface area contributed by atoms with Crippen LogP contribution in [0.4, 0.5) is 0 Å². The first-order valence-corrected chi connectivity index (χ1v) is 11.0. The molecular weight excluding hydrogens is 521 g/mol. The second-order valence-corrected chi connectivity index (χ2v) is 10.2. The third-order valence-electron chi connectivity index (χ3n) is 5.55. The van der Waals surface area contributed by atoms with E-state index < -0.39 is 43.6 Å². The van der Waals surface area contributed by atoms with Crippen LogP contribution in [-0.4, -0.2) is 43.4 Å². The maximum Gasteiger partial charge on any atom is 0.274 e. The van der Waals surface area contributed by atoms with Crippen molar-refractivity contribution in [1.82, 2.24) is 10.4 Å². The lowest BCUT2D eigenvalue weighted by Crippen LogP contribution is -2.54. The first kappa shape index (κ1) is 22.3. The molecule has 1 saturated heterocycles. The van der Waals surface area contributed by atoms with Crippen LogP contribution in [0.1, 0.15) is 17.3 Å². The lowest BCUT2D eigenvalue weighted by molar-refractivity contribution is -0.143. The molecule has 12 heteroatoms. The van der Waals surface area contributed by atoms with Crippen LogP contribution in [0.25, 0.3) is 0 Å². The van der Waals surface area contributed by atoms with E-state index in [1.807, 2.05) is 0 Å². The predicted octanol–water partition coefficient (Wildman–Crippen LogP) is 4.18. The number of carbonyl (C=O) groups is 3. The Bertz CT molecular complexity index is 984. The van der Waals surface area contributed by atoms with Gasteiger partial charge in [0.1, 0.15) is 15.5 Å². The molecular formula is C18H12Cl6N2O4. The van der Waals surface area contributed by atoms with Crippen molar-refractivity contribution in [3.8, 4) is 5.75 Å². The molecule has 1 saturated carbocycles. The molecule has 1 N–H and O–H groups in total. The van der Waals surface area contributed by atoms with Gasteiger partial charge < -0.3 is 4.74 Å². The molecule has 3 aliphatic rings. The lowest BCUT2D eigenvalue weighted by atomic mass is 9.84. The topological polar surface area (TPSA) is 75.7 Å². The smallest absolute Gasteiger partial charge is 0.274 e. The minimum atomic E-state index is -2.03. The number of imide groups is 1. The summed E-state index contributed by atoms with van der Waals surface area (Å²) in [6, 6.07) is 6.36. The number of hydrogen-bond donors (Lipinski definition) is 1. The highest BCUT2D eigenvalue weighted by Gasteiger charge is 2.87. The van der Waals surface area contributed by atoms with Gasteiger partial charge in [0.15, 0.2) is 4.33 Å². The van der Waals surface area contributed by atoms with Gasteiger partial charge >= 0.3 is 0 Å². The second kappa shape index (κ2) is 7.06. The fourth-order valence-electron chi connectivity index (χ4n) is 4.20. The molecule has 2 aliphatic carbocycles. The number of benzene rings is 1. The van der Waals surface area contributed by atoms with E-state index in [9.17, 15) is 14.4 Å². The minimum Gasteiger partial charge on any atom is -0.493 e. The van der Waals surface area contributed by atoms with Gasteiger partial charge in [-0.1, -0.05) is 58.5 Å². The van der Waals surface area contributed by atoms with Crippen molar-refractivity contribution in [3.05, 3.63) is 39.9 Å². The van der Waals surface area contributed by atoms with Crippen LogP contribution in [0.2, 0.25) is 0 Å². The number of hydrazine groups is 1. The summed E-state index contributed by atoms with van der Waals surface area (Å²) in [5.41, 5.74) is 2.41. The summed E-state index contributed by atoms with van der Waals surface area (Å²) in [6.45, 7) is 2.07. The molecule has 160 valence electrons. The van der Waals surface area contributed by atoms with Gasteiger partial charge in [-0.3, -0.25) is 19.8 Å². The zero-order valence-corrected chi connectivity index (χ0v) is 19.6. The lowest BCUT2D eigenvalue weighted by Gasteiger charge is -2.34. The number of nitrogens with zero attached hydrogens (tertiary/aromatic N) is 1. The fraction of sp³-hybridized carbons (Fsp3) is 0.389. The Balaban J connectivity index is 1.70. The number of fused-ring (bicyclic) bond motifs is 5. The van der Waals surface area contributed by atoms with Crippen LogP contribution in [0.5, 0.6) is 5.75 Å². The number of alkyl halides is 4. The average Bonchev–Trinajstić information content (AvgIpc) is 3.07. The second-order valence-electron chi connectivity index (χ2n) is 6.96. The van der Waals surface area contributed by atoms with Crippen LogP contribution >= 0.6 is 69.6 Å². The van der Waals surface area contributed by atoms with E-state index in [0.717, 1.165) is 0 Å². The summed E-state index contributed by atoms with van der Waals surface area (Å²) in [7, 11) is 0. The van der Waals surface area contributed by atoms with Crippen molar-refractivity contribution < 1.29 is 19.1 Å². The number of hydrogen-bond acceptors (Lipinski definition) is 4. The Morgan fingerprint density at radius 3 is 2.03 bits per heavy atom. The number of para-hydroxylation sites is 1. The monoisotopic (exact) mass is 530 g/mol. The minimum absolute atomic E-state index is 0.124. The molecule has 1 aliphatic heterocycles. The van der Waals surface area contributed by atoms with Gasteiger partial charge in [-0.2, -0.15) is 5.01 Å². The number of halogens is 6. The fourth-order valence-corrected chi connectivity index (χ4v) is 7.13. The molecule has 0 aromatic heterocycles. The van der Waals surface area contributed by atoms with Gasteiger partial charge in [-0.25, -0.2) is 0 Å². The highest BCUT2D eigenvalue weighted by atomic mass is 35.5. The maximum absolute atomic E-state index is 13.1. The summed E-state index contributed by atoms with van der Waals surface area (Å²) >= 11 is 38.5. The number of carbonyl (C=O) groups excluding carboxylic acids is 3. The third kappa shape index (κ3) is 2.44. The standard InChI is InChI=1S/C18H12Cl6N2O4/c1-2-30-8-6-4-3-5-7(8)13(27)25-26-14(28)9-10(15(26)29)17(22)12(20)11(19)16(9,21)18(17,23)24/h3-6,9-10H,2H2,1H3,(H,25,27)/t9-,10-,16+,17+/m0/s1. The molecule has 0 spiro atoms. The van der Waals surface area contributed by atoms with Gasteiger partial charge in [0, 0.05) is 0 Å². The van der Waals surface area contributed by atoms with Crippen LogP contribution in [0.3, 0.4) is 0 Å². The van der Waals surface area contributed by atoms with E-state index >= 15 is 0 Å². The highest BCUT2D eigenvalue weighted by Crippen LogP contribution is 2.77. The summed E-state index contributed by atoms with van der Waals surface area (Å²) in [6.07, 6.45) is 0. The Hall–Kier alpha value is -0.890. The molecule has 1 aromatic carbocycles. The molecule has 2 fully saturated rings. The third-order valence-corrected chi connectivity index (χ3v) is 9.81. The molecule has 4 atom stereocenters. The Labute approximate surface area is 201 Å². The van der Waals surface area contributed by atoms with Crippen LogP contribution in [-0.2, 0) is 9.59 Å². The van der Waals surface area contributed by atoms with E-state index in [1.54, 1.807) is 25.1 Å². The van der Waals surface area contributed by atoms with E-state index in [1.165, 1.54) is 6.07 Å². The van der Waals surface area contributed by atoms with Gasteiger partial charge in [0.05, 0.1) is 34.1 Å². The largest absolute Gasteiger partial charge is 0.493 e. The van der Waals surface area contributed by atoms with Crippen LogP contribution in [0.15, 0.2) is 34.3 Å². The van der Waals surface area contributed by atoms with Crippen molar-refractivity contribution in [2.24, 2.45) is 11.8 Å². The van der Waals surface area contributed by atoms with Gasteiger partial charge in [0.2, 0.25) is 0 Å². The summed E-state index contributed by atoms with van der Waals surface area (Å²) in [5, 5.41) is 0.142. The van der Waals surface area contributed by atoms with Crippen molar-refractivity contribution in [2.45, 2.75) is 21.0 Å². The zero-order valence-electron chi connectivity index (χ0n) is 15.0. The van der Waals surface area contributed by atoms with Gasteiger partial charge in [-0.05, 0) is 19.1 Å². The average molecular weight is 533 g/mol. The first-order chi connectivity index (χ1) is 14.0. The Kier molecular flexibility index (Phi) is 5.25. The Morgan fingerprint density at radius 2 is 1.53 bits per heavy atom. The molecule has 3 amide bonds. The number of ether oxygens (including phenoxy) is 1. The van der Waals surface area contributed by atoms with E-state index in [0.29, 0.717) is 11.6 Å².